The van der Waals surface area contributed by atoms with Crippen LogP contribution in [0.15, 0.2) is 85.1 Å². The van der Waals surface area contributed by atoms with Crippen LogP contribution in [0.5, 0.6) is 0 Å². The Morgan fingerprint density at radius 1 is 0.507 bits per heavy atom. The Hall–Kier alpha value is -2.81. The fourth-order valence-corrected chi connectivity index (χ4v) is 8.59. The SMILES string of the molecule is CC/C=C\C/C=C\C/C=C\C/C=C\C/C=C\CCCC(=O)OC(/C=C/CCCCCCCCCCC)C(COP(=O)(O)OCC[N+](C)(C)C)NC(=O)CCCCCCCCC/C=C/CCCCCCCC. The van der Waals surface area contributed by atoms with Gasteiger partial charge in [-0.3, -0.25) is 18.6 Å². The molecule has 0 bridgehead atoms. The van der Waals surface area contributed by atoms with Gasteiger partial charge in [-0.1, -0.05) is 215 Å². The second kappa shape index (κ2) is 50.7. The Kier molecular flexibility index (Phi) is 48.7. The molecule has 0 aromatic rings. The highest BCUT2D eigenvalue weighted by molar-refractivity contribution is 7.47. The first kappa shape index (κ1) is 68.2. The number of quaternary nitrogens is 1. The number of hydrogen-bond donors (Lipinski definition) is 2. The zero-order valence-electron chi connectivity index (χ0n) is 46.7. The molecular weight excluding hydrogens is 904 g/mol. The van der Waals surface area contributed by atoms with E-state index in [9.17, 15) is 19.0 Å². The van der Waals surface area contributed by atoms with Crippen LogP contribution in [0, 0.1) is 0 Å². The number of rotatable bonds is 51. The number of hydrogen-bond acceptors (Lipinski definition) is 6. The van der Waals surface area contributed by atoms with Crippen molar-refractivity contribution < 1.29 is 37.3 Å². The summed E-state index contributed by atoms with van der Waals surface area (Å²) in [5, 5.41) is 3.03. The molecule has 1 amide bonds. The zero-order valence-corrected chi connectivity index (χ0v) is 47.6. The molecule has 0 spiro atoms. The van der Waals surface area contributed by atoms with Crippen LogP contribution in [0.25, 0.3) is 0 Å². The predicted octanol–water partition coefficient (Wildman–Crippen LogP) is 17.4. The van der Waals surface area contributed by atoms with Gasteiger partial charge in [0, 0.05) is 12.8 Å². The zero-order chi connectivity index (χ0) is 52.2. The van der Waals surface area contributed by atoms with Crippen molar-refractivity contribution >= 4 is 19.7 Å². The third-order valence-corrected chi connectivity index (χ3v) is 13.3. The normalized spacial score (nSPS) is 14.4. The van der Waals surface area contributed by atoms with E-state index in [0.717, 1.165) is 89.9 Å². The van der Waals surface area contributed by atoms with E-state index in [1.54, 1.807) is 0 Å². The first-order valence-electron chi connectivity index (χ1n) is 28.9. The number of carbonyl (C=O) groups is 2. The van der Waals surface area contributed by atoms with E-state index in [4.69, 9.17) is 13.8 Å². The molecule has 0 saturated heterocycles. The molecule has 3 atom stereocenters. The highest BCUT2D eigenvalue weighted by Crippen LogP contribution is 2.43. The number of esters is 1. The van der Waals surface area contributed by atoms with Crippen LogP contribution >= 0.6 is 7.82 Å². The number of unbranched alkanes of at least 4 members (excludes halogenated alkanes) is 23. The van der Waals surface area contributed by atoms with Crippen molar-refractivity contribution in [2.45, 2.75) is 251 Å². The molecule has 0 aliphatic carbocycles. The van der Waals surface area contributed by atoms with Crippen LogP contribution in [0.2, 0.25) is 0 Å². The minimum Gasteiger partial charge on any atom is -0.456 e. The summed E-state index contributed by atoms with van der Waals surface area (Å²) in [5.41, 5.74) is 0. The maximum atomic E-state index is 13.5. The van der Waals surface area contributed by atoms with Crippen LogP contribution in [0.3, 0.4) is 0 Å². The number of ether oxygens (including phenoxy) is 1. The van der Waals surface area contributed by atoms with E-state index < -0.39 is 20.0 Å². The molecule has 0 aliphatic rings. The van der Waals surface area contributed by atoms with Gasteiger partial charge < -0.3 is 19.4 Å². The van der Waals surface area contributed by atoms with Crippen molar-refractivity contribution in [3.05, 3.63) is 85.1 Å². The van der Waals surface area contributed by atoms with Crippen molar-refractivity contribution in [2.24, 2.45) is 0 Å². The van der Waals surface area contributed by atoms with E-state index in [-0.39, 0.29) is 31.5 Å². The highest BCUT2D eigenvalue weighted by Gasteiger charge is 2.30. The minimum atomic E-state index is -4.46. The Labute approximate surface area is 437 Å². The molecule has 2 N–H and O–H groups in total. The molecule has 0 aliphatic heterocycles. The maximum Gasteiger partial charge on any atom is 0.472 e. The highest BCUT2D eigenvalue weighted by atomic mass is 31.2. The van der Waals surface area contributed by atoms with Gasteiger partial charge in [-0.2, -0.15) is 0 Å². The standard InChI is InChI=1S/C61H109N2O7P/c1-7-10-13-16-19-22-25-27-29-31-33-35-38-41-44-47-50-53-60(64)62-58(57-69-71(66,67)68-56-55-63(4,5)6)59(52-49-46-43-40-37-24-21-18-15-12-9-3)70-61(65)54-51-48-45-42-39-36-34-32-30-28-26-23-20-17-14-11-8-2/h11,14,20,23,27-30,34,36,42,45,49,52,58-59H,7-10,12-13,15-19,21-22,24-26,31-33,35,37-41,43-44,46-48,50-51,53-57H2,1-6H3,(H-,62,64,66,67)/p+1/b14-11-,23-20-,29-27+,30-28-,36-34-,45-42-,52-49+. The summed E-state index contributed by atoms with van der Waals surface area (Å²) in [6.45, 7) is 6.84. The monoisotopic (exact) mass is 1010 g/mol. The van der Waals surface area contributed by atoms with Gasteiger partial charge in [0.2, 0.25) is 5.91 Å². The molecule has 71 heavy (non-hydrogen) atoms. The average Bonchev–Trinajstić information content (AvgIpc) is 3.33. The number of likely N-dealkylation sites (N-methyl/N-ethyl adjacent to an activating group) is 1. The third kappa shape index (κ3) is 51.9. The van der Waals surface area contributed by atoms with E-state index in [1.807, 2.05) is 33.3 Å². The molecule has 0 rings (SSSR count). The van der Waals surface area contributed by atoms with Crippen molar-refractivity contribution in [1.82, 2.24) is 5.32 Å². The summed E-state index contributed by atoms with van der Waals surface area (Å²) >= 11 is 0. The van der Waals surface area contributed by atoms with Gasteiger partial charge in [0.25, 0.3) is 0 Å². The maximum absolute atomic E-state index is 13.5. The smallest absolute Gasteiger partial charge is 0.456 e. The number of phosphoric acid groups is 1. The summed E-state index contributed by atoms with van der Waals surface area (Å²) < 4.78 is 30.5. The third-order valence-electron chi connectivity index (χ3n) is 12.3. The van der Waals surface area contributed by atoms with Gasteiger partial charge in [0.05, 0.1) is 33.8 Å². The first-order chi connectivity index (χ1) is 34.4. The lowest BCUT2D eigenvalue weighted by Crippen LogP contribution is -2.47. The molecule has 410 valence electrons. The second-order valence-corrected chi connectivity index (χ2v) is 21.9. The van der Waals surface area contributed by atoms with Gasteiger partial charge in [0.15, 0.2) is 0 Å². The van der Waals surface area contributed by atoms with Crippen LogP contribution in [0.1, 0.15) is 239 Å². The second-order valence-electron chi connectivity index (χ2n) is 20.4. The fraction of sp³-hybridized carbons (Fsp3) is 0.738. The molecule has 0 fully saturated rings. The van der Waals surface area contributed by atoms with E-state index in [0.29, 0.717) is 23.9 Å². The molecule has 3 unspecified atom stereocenters. The summed E-state index contributed by atoms with van der Waals surface area (Å²) in [5.74, 6) is -0.582. The lowest BCUT2D eigenvalue weighted by Gasteiger charge is -2.27. The van der Waals surface area contributed by atoms with Gasteiger partial charge in [-0.25, -0.2) is 4.57 Å². The van der Waals surface area contributed by atoms with Gasteiger partial charge in [0.1, 0.15) is 19.3 Å². The largest absolute Gasteiger partial charge is 0.472 e. The molecule has 0 heterocycles. The van der Waals surface area contributed by atoms with Crippen LogP contribution in [-0.2, 0) is 27.9 Å². The topological polar surface area (TPSA) is 111 Å². The number of nitrogens with zero attached hydrogens (tertiary/aromatic N) is 1. The Morgan fingerprint density at radius 3 is 1.39 bits per heavy atom. The number of amides is 1. The molecular formula is C61H110N2O7P+. The van der Waals surface area contributed by atoms with E-state index in [1.165, 1.54) is 109 Å². The van der Waals surface area contributed by atoms with Crippen LogP contribution in [0.4, 0.5) is 0 Å². The van der Waals surface area contributed by atoms with Crippen molar-refractivity contribution in [1.29, 1.82) is 0 Å². The van der Waals surface area contributed by atoms with Crippen LogP contribution < -0.4 is 5.32 Å². The molecule has 10 heteroatoms. The summed E-state index contributed by atoms with van der Waals surface area (Å²) in [7, 11) is 1.45. The summed E-state index contributed by atoms with van der Waals surface area (Å²) in [6.07, 6.45) is 65.8. The molecule has 0 saturated carbocycles. The fourth-order valence-electron chi connectivity index (χ4n) is 7.85. The molecule has 9 nitrogen and oxygen atoms in total. The average molecular weight is 1010 g/mol. The van der Waals surface area contributed by atoms with Gasteiger partial charge >= 0.3 is 13.8 Å². The van der Waals surface area contributed by atoms with Gasteiger partial charge in [-0.15, -0.1) is 0 Å². The lowest BCUT2D eigenvalue weighted by molar-refractivity contribution is -0.870. The van der Waals surface area contributed by atoms with Crippen molar-refractivity contribution in [3.8, 4) is 0 Å². The molecule has 0 radical (unpaired) electrons. The summed E-state index contributed by atoms with van der Waals surface area (Å²) in [6, 6.07) is -0.876. The van der Waals surface area contributed by atoms with E-state index in [2.05, 4.69) is 99.0 Å². The lowest BCUT2D eigenvalue weighted by atomic mass is 10.1. The van der Waals surface area contributed by atoms with Gasteiger partial charge in [-0.05, 0) is 96.0 Å². The Bertz CT molecular complexity index is 1490. The quantitative estimate of drug-likeness (QED) is 0.0205. The van der Waals surface area contributed by atoms with E-state index >= 15 is 0 Å². The number of nitrogens with one attached hydrogen (secondary N) is 1. The Balaban J connectivity index is 5.41. The minimum absolute atomic E-state index is 0.0274. The number of carbonyl (C=O) groups excluding carboxylic acids is 2. The number of allylic oxidation sites excluding steroid dienone is 13. The van der Waals surface area contributed by atoms with Crippen molar-refractivity contribution in [2.75, 3.05) is 40.9 Å². The predicted molar refractivity (Wildman–Crippen MR) is 304 cm³/mol. The first-order valence-corrected chi connectivity index (χ1v) is 30.4. The van der Waals surface area contributed by atoms with Crippen molar-refractivity contribution in [3.63, 3.8) is 0 Å². The number of phosphoric ester groups is 1. The molecule has 0 aromatic carbocycles. The van der Waals surface area contributed by atoms with Crippen LogP contribution in [-0.4, -0.2) is 74.3 Å². The Morgan fingerprint density at radius 2 is 0.915 bits per heavy atom. The molecule has 0 aromatic heterocycles. The summed E-state index contributed by atoms with van der Waals surface area (Å²) in [4.78, 5) is 37.6.